The number of hydrogen-bond acceptors (Lipinski definition) is 5. The molecule has 1 heterocycles. The molecule has 1 aromatic heterocycles. The Morgan fingerprint density at radius 1 is 1.28 bits per heavy atom. The van der Waals surface area contributed by atoms with Crippen LogP contribution < -0.4 is 11.1 Å². The van der Waals surface area contributed by atoms with Gasteiger partial charge in [-0.2, -0.15) is 0 Å². The molecule has 3 N–H and O–H groups in total. The number of aromatic nitrogens is 1. The highest BCUT2D eigenvalue weighted by Crippen LogP contribution is 2.43. The van der Waals surface area contributed by atoms with Crippen LogP contribution in [-0.2, 0) is 4.74 Å². The number of benzene rings is 1. The monoisotopic (exact) mass is 419 g/mol. The van der Waals surface area contributed by atoms with Crippen LogP contribution in [-0.4, -0.2) is 22.5 Å². The highest BCUT2D eigenvalue weighted by molar-refractivity contribution is 6.35. The summed E-state index contributed by atoms with van der Waals surface area (Å²) in [5.74, 6) is -1.04. The number of nitrogen functional groups attached to an aromatic ring is 1. The van der Waals surface area contributed by atoms with E-state index in [4.69, 9.17) is 22.1 Å². The van der Waals surface area contributed by atoms with Gasteiger partial charge in [-0.25, -0.2) is 14.2 Å². The number of alkyl carbamates (subject to hydrolysis) is 1. The highest BCUT2D eigenvalue weighted by Gasteiger charge is 2.37. The summed E-state index contributed by atoms with van der Waals surface area (Å²) in [4.78, 5) is 29.0. The van der Waals surface area contributed by atoms with Gasteiger partial charge in [-0.05, 0) is 57.7 Å². The van der Waals surface area contributed by atoms with Crippen molar-refractivity contribution >= 4 is 29.3 Å². The first kappa shape index (κ1) is 21.0. The molecule has 1 saturated carbocycles. The van der Waals surface area contributed by atoms with Crippen LogP contribution >= 0.6 is 11.6 Å². The number of carbonyl (C=O) groups excluding carboxylic acids is 2. The molecule has 154 valence electrons. The smallest absolute Gasteiger partial charge is 0.408 e. The third kappa shape index (κ3) is 5.03. The third-order valence-electron chi connectivity index (χ3n) is 4.50. The molecule has 1 fully saturated rings. The van der Waals surface area contributed by atoms with Gasteiger partial charge in [-0.1, -0.05) is 17.7 Å². The maximum atomic E-state index is 15.4. The summed E-state index contributed by atoms with van der Waals surface area (Å²) in [5, 5.41) is 2.73. The number of ketones is 1. The van der Waals surface area contributed by atoms with Crippen molar-refractivity contribution in [2.75, 3.05) is 5.73 Å². The van der Waals surface area contributed by atoms with Crippen molar-refractivity contribution < 1.29 is 18.7 Å². The Labute approximate surface area is 173 Å². The number of amides is 1. The first-order valence-electron chi connectivity index (χ1n) is 9.30. The molecule has 29 heavy (non-hydrogen) atoms. The van der Waals surface area contributed by atoms with Crippen molar-refractivity contribution in [1.29, 1.82) is 0 Å². The normalized spacial score (nSPS) is 14.9. The molecule has 0 radical (unpaired) electrons. The summed E-state index contributed by atoms with van der Waals surface area (Å²) >= 11 is 6.15. The van der Waals surface area contributed by atoms with Crippen molar-refractivity contribution in [3.8, 4) is 0 Å². The number of nitrogens with zero attached hydrogens (tertiary/aromatic N) is 1. The Bertz CT molecular complexity index is 937. The van der Waals surface area contributed by atoms with Crippen LogP contribution in [0.25, 0.3) is 0 Å². The largest absolute Gasteiger partial charge is 0.444 e. The predicted octanol–water partition coefficient (Wildman–Crippen LogP) is 4.66. The average molecular weight is 420 g/mol. The van der Waals surface area contributed by atoms with Crippen molar-refractivity contribution in [3.63, 3.8) is 0 Å². The summed E-state index contributed by atoms with van der Waals surface area (Å²) in [6.45, 7) is 5.25. The molecule has 8 heteroatoms. The second kappa shape index (κ2) is 7.99. The first-order valence-corrected chi connectivity index (χ1v) is 9.68. The molecular weight excluding hydrogens is 397 g/mol. The van der Waals surface area contributed by atoms with E-state index in [0.717, 1.165) is 12.8 Å². The van der Waals surface area contributed by atoms with Crippen LogP contribution in [0.4, 0.5) is 15.0 Å². The Morgan fingerprint density at radius 3 is 2.52 bits per heavy atom. The Hall–Kier alpha value is -2.67. The summed E-state index contributed by atoms with van der Waals surface area (Å²) in [6.07, 6.45) is 2.32. The van der Waals surface area contributed by atoms with Crippen LogP contribution in [0.3, 0.4) is 0 Å². The molecule has 0 aliphatic heterocycles. The Balaban J connectivity index is 1.94. The van der Waals surface area contributed by atoms with E-state index in [9.17, 15) is 9.59 Å². The molecular formula is C21H23ClFN3O3. The molecule has 1 atom stereocenters. The van der Waals surface area contributed by atoms with Crippen molar-refractivity contribution in [1.82, 2.24) is 10.3 Å². The van der Waals surface area contributed by atoms with Crippen LogP contribution in [0.5, 0.6) is 0 Å². The molecule has 1 aliphatic rings. The van der Waals surface area contributed by atoms with Crippen molar-refractivity contribution in [3.05, 3.63) is 58.0 Å². The van der Waals surface area contributed by atoms with E-state index >= 15 is 4.39 Å². The first-order chi connectivity index (χ1) is 13.6. The van der Waals surface area contributed by atoms with Gasteiger partial charge in [-0.15, -0.1) is 0 Å². The number of ether oxygens (including phenoxy) is 1. The van der Waals surface area contributed by atoms with E-state index in [0.29, 0.717) is 0 Å². The van der Waals surface area contributed by atoms with Gasteiger partial charge in [0.25, 0.3) is 0 Å². The predicted molar refractivity (Wildman–Crippen MR) is 108 cm³/mol. The van der Waals surface area contributed by atoms with Crippen molar-refractivity contribution in [2.45, 2.75) is 45.3 Å². The minimum atomic E-state index is -0.757. The van der Waals surface area contributed by atoms with Crippen LogP contribution in [0.15, 0.2) is 30.5 Å². The molecule has 1 aliphatic carbocycles. The van der Waals surface area contributed by atoms with Crippen molar-refractivity contribution in [2.24, 2.45) is 5.92 Å². The number of halogens is 2. The minimum Gasteiger partial charge on any atom is -0.444 e. The van der Waals surface area contributed by atoms with Gasteiger partial charge < -0.3 is 15.8 Å². The lowest BCUT2D eigenvalue weighted by molar-refractivity contribution is 0.0496. The van der Waals surface area contributed by atoms with Gasteiger partial charge >= 0.3 is 6.09 Å². The second-order valence-corrected chi connectivity index (χ2v) is 8.49. The van der Waals surface area contributed by atoms with Gasteiger partial charge in [0.05, 0.1) is 16.6 Å². The molecule has 2 aromatic rings. The number of anilines is 1. The Kier molecular flexibility index (Phi) is 5.80. The lowest BCUT2D eigenvalue weighted by Gasteiger charge is -2.24. The number of nitrogens with one attached hydrogen (secondary N) is 1. The molecule has 1 aromatic carbocycles. The topological polar surface area (TPSA) is 94.3 Å². The fourth-order valence-electron chi connectivity index (χ4n) is 3.01. The fourth-order valence-corrected chi connectivity index (χ4v) is 3.25. The van der Waals surface area contributed by atoms with E-state index in [1.807, 2.05) is 0 Å². The molecule has 0 saturated heterocycles. The number of pyridine rings is 1. The maximum absolute atomic E-state index is 15.4. The van der Waals surface area contributed by atoms with Gasteiger partial charge in [0.2, 0.25) is 0 Å². The molecule has 0 spiro atoms. The minimum absolute atomic E-state index is 0.0140. The van der Waals surface area contributed by atoms with Crippen LogP contribution in [0.2, 0.25) is 5.02 Å². The maximum Gasteiger partial charge on any atom is 0.408 e. The molecule has 0 bridgehead atoms. The van der Waals surface area contributed by atoms with E-state index in [-0.39, 0.29) is 33.4 Å². The number of nitrogens with two attached hydrogens (primary N) is 1. The van der Waals surface area contributed by atoms with E-state index in [2.05, 4.69) is 10.3 Å². The quantitative estimate of drug-likeness (QED) is 0.687. The third-order valence-corrected chi connectivity index (χ3v) is 4.81. The van der Waals surface area contributed by atoms with Gasteiger partial charge in [0, 0.05) is 17.3 Å². The van der Waals surface area contributed by atoms with E-state index in [1.165, 1.54) is 30.5 Å². The summed E-state index contributed by atoms with van der Waals surface area (Å²) < 4.78 is 20.7. The molecule has 0 unspecified atom stereocenters. The zero-order valence-corrected chi connectivity index (χ0v) is 17.2. The summed E-state index contributed by atoms with van der Waals surface area (Å²) in [6, 6.07) is 5.27. The summed E-state index contributed by atoms with van der Waals surface area (Å²) in [5.41, 5.74) is 4.98. The lowest BCUT2D eigenvalue weighted by Crippen LogP contribution is -2.36. The SMILES string of the molecule is CC(C)(C)OC(=O)N[C@@H](c1ccc(Cl)c(C(=O)c2ccc(N)nc2)c1F)C1CC1. The van der Waals surface area contributed by atoms with Gasteiger partial charge in [0.15, 0.2) is 5.78 Å². The van der Waals surface area contributed by atoms with Gasteiger partial charge in [0.1, 0.15) is 17.2 Å². The second-order valence-electron chi connectivity index (χ2n) is 8.09. The summed E-state index contributed by atoms with van der Waals surface area (Å²) in [7, 11) is 0. The fraction of sp³-hybridized carbons (Fsp3) is 0.381. The van der Waals surface area contributed by atoms with Gasteiger partial charge in [-0.3, -0.25) is 4.79 Å². The highest BCUT2D eigenvalue weighted by atomic mass is 35.5. The van der Waals surface area contributed by atoms with Crippen LogP contribution in [0.1, 0.15) is 61.1 Å². The van der Waals surface area contributed by atoms with E-state index in [1.54, 1.807) is 20.8 Å². The average Bonchev–Trinajstić information content (AvgIpc) is 3.44. The molecule has 1 amide bonds. The Morgan fingerprint density at radius 2 is 1.97 bits per heavy atom. The van der Waals surface area contributed by atoms with Crippen LogP contribution in [0, 0.1) is 11.7 Å². The number of carbonyl (C=O) groups is 2. The lowest BCUT2D eigenvalue weighted by atomic mass is 9.95. The zero-order chi connectivity index (χ0) is 21.3. The zero-order valence-electron chi connectivity index (χ0n) is 16.5. The molecule has 6 nitrogen and oxygen atoms in total. The standard InChI is InChI=1S/C21H23ClFN3O3/c1-21(2,3)29-20(28)26-18(11-4-5-11)13-7-8-14(22)16(17(13)23)19(27)12-6-9-15(24)25-10-12/h6-11,18H,4-5H2,1-3H3,(H2,24,25)(H,26,28)/t18-/m1/s1. The number of rotatable bonds is 5. The number of hydrogen-bond donors (Lipinski definition) is 2. The van der Waals surface area contributed by atoms with E-state index < -0.39 is 29.3 Å². The molecule has 3 rings (SSSR count).